The van der Waals surface area contributed by atoms with Crippen LogP contribution in [0.25, 0.3) is 0 Å². The number of hydrogen-bond acceptors (Lipinski definition) is 3. The second kappa shape index (κ2) is 5.17. The summed E-state index contributed by atoms with van der Waals surface area (Å²) in [6.45, 7) is 2.47. The van der Waals surface area contributed by atoms with Gasteiger partial charge in [-0.15, -0.1) is 0 Å². The molecule has 1 saturated heterocycles. The number of carbonyl (C=O) groups is 1. The molecular formula is C14H18FNO3. The fourth-order valence-electron chi connectivity index (χ4n) is 2.36. The molecule has 1 N–H and O–H groups in total. The Labute approximate surface area is 111 Å². The lowest BCUT2D eigenvalue weighted by molar-refractivity contribution is -0.0109. The minimum Gasteiger partial charge on any atom is -0.497 e. The molecule has 0 saturated carbocycles. The molecule has 4 nitrogen and oxygen atoms in total. The molecule has 0 radical (unpaired) electrons. The number of piperidine rings is 1. The molecule has 1 atom stereocenters. The minimum atomic E-state index is -0.892. The molecule has 19 heavy (non-hydrogen) atoms. The number of benzene rings is 1. The van der Waals surface area contributed by atoms with E-state index in [4.69, 9.17) is 4.74 Å². The summed E-state index contributed by atoms with van der Waals surface area (Å²) in [4.78, 5) is 13.7. The number of aliphatic hydroxyl groups is 1. The van der Waals surface area contributed by atoms with Gasteiger partial charge in [0.05, 0.1) is 18.3 Å². The van der Waals surface area contributed by atoms with Crippen molar-refractivity contribution in [2.75, 3.05) is 20.2 Å². The van der Waals surface area contributed by atoms with E-state index >= 15 is 0 Å². The second-order valence-electron chi connectivity index (χ2n) is 5.17. The Morgan fingerprint density at radius 3 is 2.84 bits per heavy atom. The van der Waals surface area contributed by atoms with Crippen LogP contribution in [0.4, 0.5) is 4.39 Å². The number of likely N-dealkylation sites (tertiary alicyclic amines) is 1. The molecule has 1 aromatic carbocycles. The Bertz CT molecular complexity index is 488. The van der Waals surface area contributed by atoms with E-state index in [1.807, 2.05) is 0 Å². The van der Waals surface area contributed by atoms with E-state index in [9.17, 15) is 14.3 Å². The zero-order chi connectivity index (χ0) is 14.0. The quantitative estimate of drug-likeness (QED) is 0.889. The van der Waals surface area contributed by atoms with Crippen LogP contribution >= 0.6 is 0 Å². The van der Waals surface area contributed by atoms with Crippen molar-refractivity contribution in [1.29, 1.82) is 0 Å². The molecule has 1 aromatic rings. The van der Waals surface area contributed by atoms with Crippen LogP contribution in [-0.2, 0) is 0 Å². The van der Waals surface area contributed by atoms with Crippen LogP contribution in [-0.4, -0.2) is 41.7 Å². The van der Waals surface area contributed by atoms with Crippen LogP contribution in [0.3, 0.4) is 0 Å². The van der Waals surface area contributed by atoms with Gasteiger partial charge in [-0.25, -0.2) is 4.39 Å². The number of nitrogens with zero attached hydrogens (tertiary/aromatic N) is 1. The first-order valence-electron chi connectivity index (χ1n) is 6.28. The van der Waals surface area contributed by atoms with Gasteiger partial charge in [-0.05, 0) is 31.9 Å². The van der Waals surface area contributed by atoms with Gasteiger partial charge < -0.3 is 14.7 Å². The molecule has 1 unspecified atom stereocenters. The number of β-amino-alcohol motifs (C(OH)–C–C–N with tert-alkyl or cyclic N) is 1. The molecule has 0 aliphatic carbocycles. The van der Waals surface area contributed by atoms with Gasteiger partial charge in [0.2, 0.25) is 0 Å². The van der Waals surface area contributed by atoms with Crippen molar-refractivity contribution in [3.05, 3.63) is 29.6 Å². The van der Waals surface area contributed by atoms with Gasteiger partial charge in [-0.3, -0.25) is 4.79 Å². The van der Waals surface area contributed by atoms with E-state index in [1.165, 1.54) is 24.1 Å². The maximum atomic E-state index is 13.8. The van der Waals surface area contributed by atoms with E-state index in [1.54, 1.807) is 13.0 Å². The normalized spacial score (nSPS) is 23.3. The lowest BCUT2D eigenvalue weighted by Gasteiger charge is -2.36. The van der Waals surface area contributed by atoms with Crippen molar-refractivity contribution >= 4 is 5.91 Å². The largest absolute Gasteiger partial charge is 0.497 e. The summed E-state index contributed by atoms with van der Waals surface area (Å²) in [6.07, 6.45) is 1.37. The SMILES string of the molecule is COc1ccc(C(=O)N2CCCC(C)(O)C2)c(F)c1. The Hall–Kier alpha value is -1.62. The first-order valence-corrected chi connectivity index (χ1v) is 6.28. The molecule has 1 aliphatic rings. The van der Waals surface area contributed by atoms with E-state index in [0.717, 1.165) is 6.42 Å². The monoisotopic (exact) mass is 267 g/mol. The molecule has 104 valence electrons. The molecule has 2 rings (SSSR count). The maximum absolute atomic E-state index is 13.8. The highest BCUT2D eigenvalue weighted by Crippen LogP contribution is 2.23. The standard InChI is InChI=1S/C14H18FNO3/c1-14(18)6-3-7-16(9-14)13(17)11-5-4-10(19-2)8-12(11)15/h4-5,8,18H,3,6-7,9H2,1-2H3. The van der Waals surface area contributed by atoms with Crippen molar-refractivity contribution < 1.29 is 19.0 Å². The van der Waals surface area contributed by atoms with Crippen molar-refractivity contribution in [2.45, 2.75) is 25.4 Å². The lowest BCUT2D eigenvalue weighted by Crippen LogP contribution is -2.48. The van der Waals surface area contributed by atoms with Gasteiger partial charge in [-0.2, -0.15) is 0 Å². The lowest BCUT2D eigenvalue weighted by atomic mass is 9.94. The highest BCUT2D eigenvalue weighted by molar-refractivity contribution is 5.94. The highest BCUT2D eigenvalue weighted by Gasteiger charge is 2.32. The van der Waals surface area contributed by atoms with E-state index in [-0.39, 0.29) is 18.0 Å². The third-order valence-electron chi connectivity index (χ3n) is 3.37. The smallest absolute Gasteiger partial charge is 0.256 e. The van der Waals surface area contributed by atoms with E-state index in [2.05, 4.69) is 0 Å². The van der Waals surface area contributed by atoms with Gasteiger partial charge in [0.1, 0.15) is 11.6 Å². The average molecular weight is 267 g/mol. The number of methoxy groups -OCH3 is 1. The van der Waals surface area contributed by atoms with Gasteiger partial charge in [0.25, 0.3) is 5.91 Å². The van der Waals surface area contributed by atoms with Gasteiger partial charge in [-0.1, -0.05) is 0 Å². The molecule has 1 fully saturated rings. The van der Waals surface area contributed by atoms with Crippen molar-refractivity contribution in [3.8, 4) is 5.75 Å². The van der Waals surface area contributed by atoms with Crippen LogP contribution in [0, 0.1) is 5.82 Å². The summed E-state index contributed by atoms with van der Waals surface area (Å²) >= 11 is 0. The van der Waals surface area contributed by atoms with Crippen molar-refractivity contribution in [1.82, 2.24) is 4.90 Å². The van der Waals surface area contributed by atoms with Gasteiger partial charge in [0.15, 0.2) is 0 Å². The average Bonchev–Trinajstić information content (AvgIpc) is 2.36. The topological polar surface area (TPSA) is 49.8 Å². The molecule has 1 amide bonds. The second-order valence-corrected chi connectivity index (χ2v) is 5.17. The summed E-state index contributed by atoms with van der Waals surface area (Å²) < 4.78 is 18.7. The van der Waals surface area contributed by atoms with Crippen LogP contribution in [0.1, 0.15) is 30.1 Å². The Morgan fingerprint density at radius 2 is 2.26 bits per heavy atom. The maximum Gasteiger partial charge on any atom is 0.256 e. The summed E-state index contributed by atoms with van der Waals surface area (Å²) in [5.74, 6) is -0.616. The van der Waals surface area contributed by atoms with Crippen molar-refractivity contribution in [2.24, 2.45) is 0 Å². The summed E-state index contributed by atoms with van der Waals surface area (Å²) in [5, 5.41) is 9.98. The first-order chi connectivity index (χ1) is 8.93. The zero-order valence-corrected chi connectivity index (χ0v) is 11.1. The fraction of sp³-hybridized carbons (Fsp3) is 0.500. The predicted molar refractivity (Wildman–Crippen MR) is 68.7 cm³/mol. The number of hydrogen-bond donors (Lipinski definition) is 1. The molecule has 0 aromatic heterocycles. The number of ether oxygens (including phenoxy) is 1. The molecule has 1 aliphatic heterocycles. The molecule has 5 heteroatoms. The van der Waals surface area contributed by atoms with Crippen molar-refractivity contribution in [3.63, 3.8) is 0 Å². The Kier molecular flexibility index (Phi) is 3.75. The number of halogens is 1. The third kappa shape index (κ3) is 3.04. The number of carbonyl (C=O) groups excluding carboxylic acids is 1. The number of rotatable bonds is 2. The molecular weight excluding hydrogens is 249 g/mol. The predicted octanol–water partition coefficient (Wildman–Crippen LogP) is 1.82. The third-order valence-corrected chi connectivity index (χ3v) is 3.37. The first kappa shape index (κ1) is 13.8. The van der Waals surface area contributed by atoms with E-state index < -0.39 is 11.4 Å². The Morgan fingerprint density at radius 1 is 1.53 bits per heavy atom. The van der Waals surface area contributed by atoms with Crippen LogP contribution in [0.5, 0.6) is 5.75 Å². The highest BCUT2D eigenvalue weighted by atomic mass is 19.1. The summed E-state index contributed by atoms with van der Waals surface area (Å²) in [7, 11) is 1.44. The van der Waals surface area contributed by atoms with Gasteiger partial charge >= 0.3 is 0 Å². The summed E-state index contributed by atoms with van der Waals surface area (Å²) in [5.41, 5.74) is -0.880. The minimum absolute atomic E-state index is 0.0125. The zero-order valence-electron chi connectivity index (χ0n) is 11.1. The number of amides is 1. The molecule has 0 bridgehead atoms. The van der Waals surface area contributed by atoms with Gasteiger partial charge in [0, 0.05) is 19.2 Å². The fourth-order valence-corrected chi connectivity index (χ4v) is 2.36. The molecule has 1 heterocycles. The van der Waals surface area contributed by atoms with E-state index in [0.29, 0.717) is 18.7 Å². The van der Waals surface area contributed by atoms with Crippen LogP contribution < -0.4 is 4.74 Å². The summed E-state index contributed by atoms with van der Waals surface area (Å²) in [6, 6.07) is 4.16. The van der Waals surface area contributed by atoms with Crippen LogP contribution in [0.15, 0.2) is 18.2 Å². The molecule has 0 spiro atoms. The Balaban J connectivity index is 2.20. The van der Waals surface area contributed by atoms with Crippen LogP contribution in [0.2, 0.25) is 0 Å².